The Hall–Kier alpha value is -2.24. The topological polar surface area (TPSA) is 107 Å². The van der Waals surface area contributed by atoms with Crippen LogP contribution < -0.4 is 16.8 Å². The highest BCUT2D eigenvalue weighted by Crippen LogP contribution is 2.21. The Labute approximate surface area is 105 Å². The molecule has 0 aliphatic rings. The largest absolute Gasteiger partial charge is 0.469 e. The predicted molar refractivity (Wildman–Crippen MR) is 69.1 cm³/mol. The molecule has 0 aromatic heterocycles. The lowest BCUT2D eigenvalue weighted by Crippen LogP contribution is -2.21. The second-order valence-corrected chi connectivity index (χ2v) is 3.99. The Morgan fingerprint density at radius 3 is 2.61 bits per heavy atom. The highest BCUT2D eigenvalue weighted by Gasteiger charge is 2.11. The number of anilines is 2. The predicted octanol–water partition coefficient (Wildman–Crippen LogP) is 0.731. The van der Waals surface area contributed by atoms with Crippen molar-refractivity contribution in [3.63, 3.8) is 0 Å². The fraction of sp³-hybridized carbons (Fsp3) is 0.333. The van der Waals surface area contributed by atoms with Gasteiger partial charge in [0.05, 0.1) is 24.9 Å². The van der Waals surface area contributed by atoms with Crippen molar-refractivity contribution in [2.24, 2.45) is 5.73 Å². The first-order valence-corrected chi connectivity index (χ1v) is 5.46. The van der Waals surface area contributed by atoms with Crippen molar-refractivity contribution in [2.45, 2.75) is 19.4 Å². The summed E-state index contributed by atoms with van der Waals surface area (Å²) in [5, 5.41) is 3.06. The molecule has 0 saturated carbocycles. The molecule has 0 saturated heterocycles. The van der Waals surface area contributed by atoms with E-state index in [0.717, 1.165) is 0 Å². The maximum Gasteiger partial charge on any atom is 0.307 e. The molecular formula is C12H17N3O3. The number of esters is 1. The van der Waals surface area contributed by atoms with Crippen LogP contribution in [0.1, 0.15) is 23.7 Å². The zero-order chi connectivity index (χ0) is 13.7. The van der Waals surface area contributed by atoms with Crippen LogP contribution in [0.15, 0.2) is 18.2 Å². The third kappa shape index (κ3) is 3.65. The van der Waals surface area contributed by atoms with Crippen molar-refractivity contribution < 1.29 is 14.3 Å². The number of hydrogen-bond donors (Lipinski definition) is 3. The molecule has 0 radical (unpaired) electrons. The van der Waals surface area contributed by atoms with Crippen LogP contribution in [0.25, 0.3) is 0 Å². The molecule has 0 spiro atoms. The molecule has 1 rings (SSSR count). The van der Waals surface area contributed by atoms with Crippen molar-refractivity contribution in [3.05, 3.63) is 23.8 Å². The molecule has 5 N–H and O–H groups in total. The third-order valence-corrected chi connectivity index (χ3v) is 2.44. The number of nitrogens with two attached hydrogens (primary N) is 2. The number of rotatable bonds is 5. The molecule has 1 amide bonds. The van der Waals surface area contributed by atoms with Gasteiger partial charge in [-0.05, 0) is 25.1 Å². The van der Waals surface area contributed by atoms with Gasteiger partial charge >= 0.3 is 5.97 Å². The lowest BCUT2D eigenvalue weighted by atomic mass is 10.1. The van der Waals surface area contributed by atoms with Gasteiger partial charge < -0.3 is 21.5 Å². The Bertz CT molecular complexity index is 460. The van der Waals surface area contributed by atoms with E-state index in [2.05, 4.69) is 10.1 Å². The molecule has 0 bridgehead atoms. The van der Waals surface area contributed by atoms with E-state index in [9.17, 15) is 9.59 Å². The van der Waals surface area contributed by atoms with E-state index in [4.69, 9.17) is 11.5 Å². The quantitative estimate of drug-likeness (QED) is 0.528. The van der Waals surface area contributed by atoms with Crippen molar-refractivity contribution >= 4 is 23.3 Å². The van der Waals surface area contributed by atoms with Crippen LogP contribution in [-0.2, 0) is 9.53 Å². The van der Waals surface area contributed by atoms with Crippen LogP contribution >= 0.6 is 0 Å². The van der Waals surface area contributed by atoms with Gasteiger partial charge in [-0.2, -0.15) is 0 Å². The van der Waals surface area contributed by atoms with Gasteiger partial charge in [0.15, 0.2) is 0 Å². The normalized spacial score (nSPS) is 11.7. The molecule has 6 nitrogen and oxygen atoms in total. The fourth-order valence-electron chi connectivity index (χ4n) is 1.50. The van der Waals surface area contributed by atoms with E-state index in [1.807, 2.05) is 6.92 Å². The van der Waals surface area contributed by atoms with Crippen LogP contribution in [0.2, 0.25) is 0 Å². The van der Waals surface area contributed by atoms with E-state index in [0.29, 0.717) is 16.9 Å². The van der Waals surface area contributed by atoms with Crippen molar-refractivity contribution in [2.75, 3.05) is 18.2 Å². The maximum atomic E-state index is 11.1. The van der Waals surface area contributed by atoms with Gasteiger partial charge in [-0.25, -0.2) is 0 Å². The van der Waals surface area contributed by atoms with E-state index >= 15 is 0 Å². The highest BCUT2D eigenvalue weighted by molar-refractivity contribution is 5.94. The first-order chi connectivity index (χ1) is 8.43. The molecule has 98 valence electrons. The Morgan fingerprint density at radius 1 is 1.44 bits per heavy atom. The zero-order valence-electron chi connectivity index (χ0n) is 10.4. The summed E-state index contributed by atoms with van der Waals surface area (Å²) in [5.74, 6) is -0.835. The molecule has 0 heterocycles. The number of hydrogen-bond acceptors (Lipinski definition) is 5. The highest BCUT2D eigenvalue weighted by atomic mass is 16.5. The van der Waals surface area contributed by atoms with E-state index in [1.54, 1.807) is 12.1 Å². The standard InChI is InChI=1S/C12H17N3O3/c1-7(5-11(16)18-2)15-10-4-3-8(12(14)17)6-9(10)13/h3-4,6-7,15H,5,13H2,1-2H3,(H2,14,17). The maximum absolute atomic E-state index is 11.1. The SMILES string of the molecule is COC(=O)CC(C)Nc1ccc(C(N)=O)cc1N. The summed E-state index contributed by atoms with van der Waals surface area (Å²) in [7, 11) is 1.34. The number of carbonyl (C=O) groups is 2. The molecule has 1 aromatic rings. The second kappa shape index (κ2) is 5.90. The van der Waals surface area contributed by atoms with Gasteiger partial charge in [-0.1, -0.05) is 0 Å². The summed E-state index contributed by atoms with van der Waals surface area (Å²) < 4.78 is 4.57. The lowest BCUT2D eigenvalue weighted by Gasteiger charge is -2.16. The summed E-state index contributed by atoms with van der Waals surface area (Å²) in [4.78, 5) is 22.0. The molecular weight excluding hydrogens is 234 g/mol. The molecule has 0 fully saturated rings. The van der Waals surface area contributed by atoms with E-state index in [1.165, 1.54) is 13.2 Å². The van der Waals surface area contributed by atoms with Gasteiger partial charge in [0.1, 0.15) is 0 Å². The smallest absolute Gasteiger partial charge is 0.307 e. The summed E-state index contributed by atoms with van der Waals surface area (Å²) in [5.41, 5.74) is 12.3. The molecule has 18 heavy (non-hydrogen) atoms. The van der Waals surface area contributed by atoms with Crippen LogP contribution in [0.5, 0.6) is 0 Å². The number of benzene rings is 1. The van der Waals surface area contributed by atoms with Gasteiger partial charge in [0, 0.05) is 11.6 Å². The Morgan fingerprint density at radius 2 is 2.11 bits per heavy atom. The number of nitrogen functional groups attached to an aromatic ring is 1. The zero-order valence-corrected chi connectivity index (χ0v) is 10.4. The Kier molecular flexibility index (Phi) is 4.53. The monoisotopic (exact) mass is 251 g/mol. The lowest BCUT2D eigenvalue weighted by molar-refractivity contribution is -0.140. The molecule has 6 heteroatoms. The summed E-state index contributed by atoms with van der Waals surface area (Å²) >= 11 is 0. The van der Waals surface area contributed by atoms with Crippen molar-refractivity contribution in [1.82, 2.24) is 0 Å². The fourth-order valence-corrected chi connectivity index (χ4v) is 1.50. The first-order valence-electron chi connectivity index (χ1n) is 5.46. The van der Waals surface area contributed by atoms with Crippen LogP contribution in [0.3, 0.4) is 0 Å². The van der Waals surface area contributed by atoms with Crippen molar-refractivity contribution in [1.29, 1.82) is 0 Å². The number of methoxy groups -OCH3 is 1. The van der Waals surface area contributed by atoms with Crippen molar-refractivity contribution in [3.8, 4) is 0 Å². The van der Waals surface area contributed by atoms with Gasteiger partial charge in [-0.15, -0.1) is 0 Å². The number of ether oxygens (including phenoxy) is 1. The van der Waals surface area contributed by atoms with E-state index < -0.39 is 5.91 Å². The first kappa shape index (κ1) is 13.8. The summed E-state index contributed by atoms with van der Waals surface area (Å²) in [6.45, 7) is 1.83. The average molecular weight is 251 g/mol. The second-order valence-electron chi connectivity index (χ2n) is 3.99. The van der Waals surface area contributed by atoms with Gasteiger partial charge in [0.2, 0.25) is 5.91 Å². The number of nitrogens with one attached hydrogen (secondary N) is 1. The van der Waals surface area contributed by atoms with Crippen LogP contribution in [0.4, 0.5) is 11.4 Å². The average Bonchev–Trinajstić information content (AvgIpc) is 2.31. The van der Waals surface area contributed by atoms with Gasteiger partial charge in [-0.3, -0.25) is 9.59 Å². The number of primary amides is 1. The Balaban J connectivity index is 2.73. The van der Waals surface area contributed by atoms with Crippen LogP contribution in [-0.4, -0.2) is 25.0 Å². The van der Waals surface area contributed by atoms with Gasteiger partial charge in [0.25, 0.3) is 0 Å². The minimum Gasteiger partial charge on any atom is -0.469 e. The number of amides is 1. The third-order valence-electron chi connectivity index (χ3n) is 2.44. The summed E-state index contributed by atoms with van der Waals surface area (Å²) in [6.07, 6.45) is 0.230. The minimum atomic E-state index is -0.532. The number of carbonyl (C=O) groups excluding carboxylic acids is 2. The molecule has 1 aromatic carbocycles. The van der Waals surface area contributed by atoms with Crippen LogP contribution in [0, 0.1) is 0 Å². The van der Waals surface area contributed by atoms with E-state index in [-0.39, 0.29) is 18.4 Å². The minimum absolute atomic E-state index is 0.126. The molecule has 0 aliphatic heterocycles. The molecule has 0 aliphatic carbocycles. The summed E-state index contributed by atoms with van der Waals surface area (Å²) in [6, 6.07) is 4.60. The molecule has 1 unspecified atom stereocenters. The molecule has 1 atom stereocenters.